The van der Waals surface area contributed by atoms with Crippen LogP contribution in [0.1, 0.15) is 20.2 Å². The zero-order chi connectivity index (χ0) is 15.7. The molecule has 0 fully saturated rings. The Kier molecular flexibility index (Phi) is 3.56. The van der Waals surface area contributed by atoms with Gasteiger partial charge < -0.3 is 10.0 Å². The molecule has 0 atom stereocenters. The molecule has 110 valence electrons. The van der Waals surface area contributed by atoms with E-state index in [1.165, 1.54) is 18.1 Å². The van der Waals surface area contributed by atoms with Gasteiger partial charge in [-0.05, 0) is 23.6 Å². The smallest absolute Gasteiger partial charge is 0.348 e. The van der Waals surface area contributed by atoms with Crippen molar-refractivity contribution in [2.75, 3.05) is 11.9 Å². The molecule has 22 heavy (non-hydrogen) atoms. The summed E-state index contributed by atoms with van der Waals surface area (Å²) in [5.74, 6) is -1.46. The second kappa shape index (κ2) is 5.53. The Morgan fingerprint density at radius 3 is 2.64 bits per heavy atom. The van der Waals surface area contributed by atoms with E-state index < -0.39 is 11.9 Å². The number of carboxylic acids is 1. The maximum absolute atomic E-state index is 12.5. The second-order valence-corrected chi connectivity index (χ2v) is 5.46. The minimum absolute atomic E-state index is 0.115. The van der Waals surface area contributed by atoms with Gasteiger partial charge in [0.25, 0.3) is 5.91 Å². The van der Waals surface area contributed by atoms with Gasteiger partial charge in [-0.25, -0.2) is 9.78 Å². The van der Waals surface area contributed by atoms with Crippen LogP contribution in [0.5, 0.6) is 0 Å². The van der Waals surface area contributed by atoms with E-state index in [0.29, 0.717) is 16.7 Å². The van der Waals surface area contributed by atoms with Gasteiger partial charge in [0.1, 0.15) is 10.6 Å². The van der Waals surface area contributed by atoms with Crippen LogP contribution in [0.25, 0.3) is 11.0 Å². The fourth-order valence-electron chi connectivity index (χ4n) is 2.07. The summed E-state index contributed by atoms with van der Waals surface area (Å²) in [7, 11) is 1.52. The van der Waals surface area contributed by atoms with E-state index in [0.717, 1.165) is 11.3 Å². The number of para-hydroxylation sites is 2. The van der Waals surface area contributed by atoms with E-state index in [4.69, 9.17) is 5.11 Å². The Hall–Kier alpha value is -2.80. The normalized spacial score (nSPS) is 10.6. The Morgan fingerprint density at radius 2 is 1.91 bits per heavy atom. The summed E-state index contributed by atoms with van der Waals surface area (Å²) in [5.41, 5.74) is 1.83. The lowest BCUT2D eigenvalue weighted by Gasteiger charge is -2.16. The first kappa shape index (κ1) is 14.2. The number of nitrogens with zero attached hydrogens (tertiary/aromatic N) is 3. The van der Waals surface area contributed by atoms with Gasteiger partial charge in [-0.2, -0.15) is 0 Å². The molecule has 1 N–H and O–H groups in total. The largest absolute Gasteiger partial charge is 0.477 e. The minimum Gasteiger partial charge on any atom is -0.477 e. The molecule has 1 aromatic carbocycles. The van der Waals surface area contributed by atoms with Gasteiger partial charge in [-0.15, -0.1) is 11.3 Å². The van der Waals surface area contributed by atoms with Crippen molar-refractivity contribution in [3.63, 3.8) is 0 Å². The summed E-state index contributed by atoms with van der Waals surface area (Å²) in [6.07, 6.45) is 1.40. The first-order chi connectivity index (χ1) is 10.6. The lowest BCUT2D eigenvalue weighted by atomic mass is 10.2. The number of anilines is 1. The van der Waals surface area contributed by atoms with E-state index in [9.17, 15) is 9.59 Å². The molecule has 0 radical (unpaired) electrons. The number of aromatic carboxylic acids is 1. The average Bonchev–Trinajstić information content (AvgIpc) is 3.03. The van der Waals surface area contributed by atoms with Crippen molar-refractivity contribution < 1.29 is 14.7 Å². The third kappa shape index (κ3) is 2.42. The zero-order valence-electron chi connectivity index (χ0n) is 11.6. The van der Waals surface area contributed by atoms with Crippen LogP contribution in [-0.4, -0.2) is 34.0 Å². The number of carboxylic acid groups (broad SMARTS) is 1. The molecular weight excluding hydrogens is 302 g/mol. The lowest BCUT2D eigenvalue weighted by molar-refractivity contribution is 0.0703. The van der Waals surface area contributed by atoms with Crippen LogP contribution in [0.3, 0.4) is 0 Å². The van der Waals surface area contributed by atoms with Crippen LogP contribution < -0.4 is 4.90 Å². The van der Waals surface area contributed by atoms with E-state index >= 15 is 0 Å². The molecule has 2 aromatic heterocycles. The van der Waals surface area contributed by atoms with Crippen molar-refractivity contribution in [1.29, 1.82) is 0 Å². The molecule has 3 aromatic rings. The summed E-state index contributed by atoms with van der Waals surface area (Å²) in [6, 6.07) is 8.83. The number of thiophene rings is 1. The quantitative estimate of drug-likeness (QED) is 0.803. The molecular formula is C15H11N3O3S. The van der Waals surface area contributed by atoms with Crippen LogP contribution >= 0.6 is 11.3 Å². The fourth-order valence-corrected chi connectivity index (χ4v) is 2.83. The molecule has 7 heteroatoms. The van der Waals surface area contributed by atoms with E-state index in [1.54, 1.807) is 17.5 Å². The van der Waals surface area contributed by atoms with Crippen molar-refractivity contribution in [1.82, 2.24) is 9.97 Å². The predicted octanol–water partition coefficient (Wildman–Crippen LogP) is 2.67. The zero-order valence-corrected chi connectivity index (χ0v) is 12.4. The van der Waals surface area contributed by atoms with Crippen LogP contribution in [0.4, 0.5) is 5.69 Å². The van der Waals surface area contributed by atoms with Crippen LogP contribution in [-0.2, 0) is 0 Å². The summed E-state index contributed by atoms with van der Waals surface area (Å²) in [6.45, 7) is 0. The minimum atomic E-state index is -1.06. The first-order valence-corrected chi connectivity index (χ1v) is 7.26. The maximum Gasteiger partial charge on any atom is 0.348 e. The molecule has 0 aliphatic carbocycles. The maximum atomic E-state index is 12.5. The molecule has 0 saturated carbocycles. The number of hydrogen-bond acceptors (Lipinski definition) is 5. The summed E-state index contributed by atoms with van der Waals surface area (Å²) < 4.78 is 0. The number of carbonyl (C=O) groups is 2. The predicted molar refractivity (Wildman–Crippen MR) is 83.5 cm³/mol. The summed E-state index contributed by atoms with van der Waals surface area (Å²) in [5, 5.41) is 10.8. The van der Waals surface area contributed by atoms with E-state index in [1.807, 2.05) is 18.2 Å². The van der Waals surface area contributed by atoms with E-state index in [-0.39, 0.29) is 10.6 Å². The molecule has 0 aliphatic heterocycles. The van der Waals surface area contributed by atoms with Crippen LogP contribution in [0.15, 0.2) is 41.9 Å². The van der Waals surface area contributed by atoms with Crippen molar-refractivity contribution >= 4 is 39.9 Å². The molecule has 0 saturated heterocycles. The number of amides is 1. The monoisotopic (exact) mass is 313 g/mol. The Balaban J connectivity index is 1.97. The van der Waals surface area contributed by atoms with Gasteiger partial charge in [-0.3, -0.25) is 9.78 Å². The Morgan fingerprint density at radius 1 is 1.18 bits per heavy atom. The second-order valence-electron chi connectivity index (χ2n) is 4.55. The molecule has 0 aliphatic rings. The molecule has 2 heterocycles. The average molecular weight is 313 g/mol. The van der Waals surface area contributed by atoms with Crippen LogP contribution in [0, 0.1) is 0 Å². The number of benzene rings is 1. The molecule has 0 unspecified atom stereocenters. The van der Waals surface area contributed by atoms with Gasteiger partial charge in [0.15, 0.2) is 0 Å². The Labute approximate surface area is 129 Å². The van der Waals surface area contributed by atoms with E-state index in [2.05, 4.69) is 9.97 Å². The van der Waals surface area contributed by atoms with Gasteiger partial charge in [0.2, 0.25) is 0 Å². The van der Waals surface area contributed by atoms with Crippen LogP contribution in [0.2, 0.25) is 0 Å². The standard InChI is InChI=1S/C15H11N3O3S/c1-18(12-6-7-22-13(12)15(20)21)14(19)11-8-16-9-4-2-3-5-10(9)17-11/h2-8H,1H3,(H,20,21). The van der Waals surface area contributed by atoms with Gasteiger partial charge in [0.05, 0.1) is 22.9 Å². The first-order valence-electron chi connectivity index (χ1n) is 6.38. The lowest BCUT2D eigenvalue weighted by Crippen LogP contribution is -2.28. The van der Waals surface area contributed by atoms with Crippen molar-refractivity contribution in [3.05, 3.63) is 52.5 Å². The van der Waals surface area contributed by atoms with Crippen molar-refractivity contribution in [3.8, 4) is 0 Å². The molecule has 0 bridgehead atoms. The number of aromatic nitrogens is 2. The topological polar surface area (TPSA) is 83.4 Å². The number of rotatable bonds is 3. The highest BCUT2D eigenvalue weighted by atomic mass is 32.1. The highest BCUT2D eigenvalue weighted by Gasteiger charge is 2.22. The van der Waals surface area contributed by atoms with Gasteiger partial charge in [0, 0.05) is 7.05 Å². The molecule has 3 rings (SSSR count). The summed E-state index contributed by atoms with van der Waals surface area (Å²) in [4.78, 5) is 33.5. The molecule has 1 amide bonds. The van der Waals surface area contributed by atoms with Gasteiger partial charge in [-0.1, -0.05) is 12.1 Å². The highest BCUT2D eigenvalue weighted by Crippen LogP contribution is 2.26. The highest BCUT2D eigenvalue weighted by molar-refractivity contribution is 7.12. The van der Waals surface area contributed by atoms with Crippen molar-refractivity contribution in [2.45, 2.75) is 0 Å². The third-order valence-corrected chi connectivity index (χ3v) is 4.06. The molecule has 0 spiro atoms. The number of fused-ring (bicyclic) bond motifs is 1. The molecule has 6 nitrogen and oxygen atoms in total. The van der Waals surface area contributed by atoms with Crippen molar-refractivity contribution in [2.24, 2.45) is 0 Å². The SMILES string of the molecule is CN(C(=O)c1cnc2ccccc2n1)c1ccsc1C(=O)O. The third-order valence-electron chi connectivity index (χ3n) is 3.17. The number of carbonyl (C=O) groups excluding carboxylic acids is 1. The summed E-state index contributed by atoms with van der Waals surface area (Å²) >= 11 is 1.07. The number of hydrogen-bond donors (Lipinski definition) is 1. The fraction of sp³-hybridized carbons (Fsp3) is 0.0667. The van der Waals surface area contributed by atoms with Gasteiger partial charge >= 0.3 is 5.97 Å². The Bertz CT molecular complexity index is 875.